The van der Waals surface area contributed by atoms with Crippen molar-refractivity contribution in [2.24, 2.45) is 0 Å². The molecule has 4 aromatic rings. The molecule has 0 spiro atoms. The summed E-state index contributed by atoms with van der Waals surface area (Å²) in [6.45, 7) is 1.68. The SMILES string of the molecule is CCC/C(F)=C(\F)c1ccc(-c2ccc(C(F)(F)Oc3cc(F)c(-c4cc(F)c(F)c(F)c4)c(F)c3)c(F)c2)cc1. The van der Waals surface area contributed by atoms with Gasteiger partial charge in [-0.05, 0) is 47.4 Å². The highest BCUT2D eigenvalue weighted by Gasteiger charge is 2.38. The first kappa shape index (κ1) is 29.7. The zero-order valence-electron chi connectivity index (χ0n) is 21.0. The number of allylic oxidation sites excluding steroid dienone is 1. The van der Waals surface area contributed by atoms with E-state index in [-0.39, 0.29) is 29.7 Å². The predicted molar refractivity (Wildman–Crippen MR) is 132 cm³/mol. The summed E-state index contributed by atoms with van der Waals surface area (Å²) in [7, 11) is 0. The summed E-state index contributed by atoms with van der Waals surface area (Å²) in [5, 5.41) is 0. The fourth-order valence-electron chi connectivity index (χ4n) is 4.01. The van der Waals surface area contributed by atoms with E-state index in [0.717, 1.165) is 12.1 Å². The van der Waals surface area contributed by atoms with E-state index < -0.39 is 75.1 Å². The van der Waals surface area contributed by atoms with E-state index in [4.69, 9.17) is 0 Å². The minimum atomic E-state index is -4.44. The second kappa shape index (κ2) is 11.7. The van der Waals surface area contributed by atoms with Crippen LogP contribution in [0.15, 0.2) is 72.6 Å². The van der Waals surface area contributed by atoms with Crippen molar-refractivity contribution in [1.82, 2.24) is 0 Å². The molecule has 0 amide bonds. The molecule has 0 N–H and O–H groups in total. The molecule has 0 unspecified atom stereocenters. The molecule has 0 aliphatic heterocycles. The number of hydrogen-bond acceptors (Lipinski definition) is 1. The summed E-state index contributed by atoms with van der Waals surface area (Å²) in [5.74, 6) is -13.0. The van der Waals surface area contributed by atoms with E-state index in [0.29, 0.717) is 30.2 Å². The molecule has 11 heteroatoms. The first-order chi connectivity index (χ1) is 19.3. The van der Waals surface area contributed by atoms with E-state index in [2.05, 4.69) is 4.74 Å². The number of halogens is 10. The summed E-state index contributed by atoms with van der Waals surface area (Å²) in [6, 6.07) is 8.86. The minimum absolute atomic E-state index is 0.0584. The van der Waals surface area contributed by atoms with Crippen LogP contribution in [0, 0.1) is 34.9 Å². The lowest BCUT2D eigenvalue weighted by Crippen LogP contribution is -2.23. The molecular weight excluding hydrogens is 566 g/mol. The Labute approximate surface area is 227 Å². The van der Waals surface area contributed by atoms with Gasteiger partial charge in [-0.3, -0.25) is 0 Å². The van der Waals surface area contributed by atoms with Crippen LogP contribution >= 0.6 is 0 Å². The Morgan fingerprint density at radius 1 is 0.659 bits per heavy atom. The fraction of sp³-hybridized carbons (Fsp3) is 0.133. The number of benzene rings is 4. The van der Waals surface area contributed by atoms with E-state index in [1.54, 1.807) is 6.92 Å². The van der Waals surface area contributed by atoms with Crippen LogP contribution in [-0.4, -0.2) is 0 Å². The van der Waals surface area contributed by atoms with Crippen molar-refractivity contribution in [3.05, 3.63) is 119 Å². The molecule has 0 bridgehead atoms. The summed E-state index contributed by atoms with van der Waals surface area (Å²) >= 11 is 0. The van der Waals surface area contributed by atoms with Gasteiger partial charge in [-0.15, -0.1) is 0 Å². The Bertz CT molecular complexity index is 1580. The Morgan fingerprint density at radius 2 is 1.20 bits per heavy atom. The smallest absolute Gasteiger partial charge is 0.429 e. The topological polar surface area (TPSA) is 9.23 Å². The van der Waals surface area contributed by atoms with Gasteiger partial charge < -0.3 is 4.74 Å². The third-order valence-electron chi connectivity index (χ3n) is 6.00. The van der Waals surface area contributed by atoms with Gasteiger partial charge in [0.25, 0.3) is 0 Å². The van der Waals surface area contributed by atoms with Gasteiger partial charge in [0.15, 0.2) is 23.3 Å². The molecule has 0 heterocycles. The summed E-state index contributed by atoms with van der Waals surface area (Å²) in [5.41, 5.74) is -2.73. The minimum Gasteiger partial charge on any atom is -0.429 e. The zero-order chi connectivity index (χ0) is 30.1. The third kappa shape index (κ3) is 6.23. The van der Waals surface area contributed by atoms with Gasteiger partial charge >= 0.3 is 6.11 Å². The molecule has 0 fully saturated rings. The lowest BCUT2D eigenvalue weighted by atomic mass is 10.0. The van der Waals surface area contributed by atoms with Crippen LogP contribution in [-0.2, 0) is 6.11 Å². The molecule has 0 saturated carbocycles. The van der Waals surface area contributed by atoms with Gasteiger partial charge in [0.05, 0.1) is 11.1 Å². The Hall–Kier alpha value is -4.28. The molecule has 4 aromatic carbocycles. The average molecular weight is 584 g/mol. The van der Waals surface area contributed by atoms with Crippen LogP contribution in [0.2, 0.25) is 0 Å². The van der Waals surface area contributed by atoms with Gasteiger partial charge in [-0.1, -0.05) is 37.3 Å². The largest absolute Gasteiger partial charge is 0.429 e. The fourth-order valence-corrected chi connectivity index (χ4v) is 4.01. The highest BCUT2D eigenvalue weighted by atomic mass is 19.3. The van der Waals surface area contributed by atoms with Crippen LogP contribution in [0.4, 0.5) is 43.9 Å². The lowest BCUT2D eigenvalue weighted by Gasteiger charge is -2.20. The van der Waals surface area contributed by atoms with Crippen molar-refractivity contribution in [3.63, 3.8) is 0 Å². The first-order valence-electron chi connectivity index (χ1n) is 12.0. The van der Waals surface area contributed by atoms with Gasteiger partial charge in [0, 0.05) is 24.1 Å². The van der Waals surface area contributed by atoms with Gasteiger partial charge in [0.1, 0.15) is 29.0 Å². The molecule has 41 heavy (non-hydrogen) atoms. The first-order valence-corrected chi connectivity index (χ1v) is 12.0. The number of alkyl halides is 2. The van der Waals surface area contributed by atoms with E-state index in [1.807, 2.05) is 0 Å². The summed E-state index contributed by atoms with van der Waals surface area (Å²) < 4.78 is 146. The molecule has 214 valence electrons. The number of hydrogen-bond donors (Lipinski definition) is 0. The van der Waals surface area contributed by atoms with Crippen molar-refractivity contribution in [2.75, 3.05) is 0 Å². The monoisotopic (exact) mass is 584 g/mol. The van der Waals surface area contributed by atoms with Crippen molar-refractivity contribution in [1.29, 1.82) is 0 Å². The van der Waals surface area contributed by atoms with Crippen LogP contribution in [0.5, 0.6) is 5.75 Å². The second-order valence-electron chi connectivity index (χ2n) is 8.88. The van der Waals surface area contributed by atoms with E-state index in [1.165, 1.54) is 24.3 Å². The quantitative estimate of drug-likeness (QED) is 0.148. The van der Waals surface area contributed by atoms with E-state index >= 15 is 0 Å². The van der Waals surface area contributed by atoms with Crippen molar-refractivity contribution < 1.29 is 48.6 Å². The van der Waals surface area contributed by atoms with Crippen molar-refractivity contribution in [3.8, 4) is 28.0 Å². The molecular formula is C30H18F10O. The number of rotatable bonds is 8. The van der Waals surface area contributed by atoms with Crippen molar-refractivity contribution in [2.45, 2.75) is 25.9 Å². The standard InChI is InChI=1S/C30H18F10O/c1-2-3-21(31)28(37)16-6-4-15(5-7-16)17-8-9-20(22(32)10-17)30(39,40)41-19-13-23(33)27(24(34)14-19)18-11-25(35)29(38)26(36)12-18/h4-14H,2-3H2,1H3/b28-21+. The van der Waals surface area contributed by atoms with Crippen LogP contribution in [0.1, 0.15) is 30.9 Å². The highest BCUT2D eigenvalue weighted by Crippen LogP contribution is 2.38. The van der Waals surface area contributed by atoms with Crippen LogP contribution in [0.3, 0.4) is 0 Å². The normalized spacial score (nSPS) is 12.4. The zero-order valence-corrected chi connectivity index (χ0v) is 21.0. The molecule has 4 rings (SSSR count). The number of ether oxygens (including phenoxy) is 1. The lowest BCUT2D eigenvalue weighted by molar-refractivity contribution is -0.187. The molecule has 0 aliphatic rings. The molecule has 0 aromatic heterocycles. The van der Waals surface area contributed by atoms with Gasteiger partial charge in [-0.25, -0.2) is 35.1 Å². The maximum Gasteiger partial charge on any atom is 0.429 e. The maximum absolute atomic E-state index is 14.8. The van der Waals surface area contributed by atoms with Crippen LogP contribution < -0.4 is 4.74 Å². The Morgan fingerprint density at radius 3 is 1.73 bits per heavy atom. The molecule has 0 aliphatic carbocycles. The third-order valence-corrected chi connectivity index (χ3v) is 6.00. The van der Waals surface area contributed by atoms with Crippen LogP contribution in [0.25, 0.3) is 28.1 Å². The Kier molecular flexibility index (Phi) is 8.46. The van der Waals surface area contributed by atoms with Crippen molar-refractivity contribution >= 4 is 5.83 Å². The molecule has 1 nitrogen and oxygen atoms in total. The molecule has 0 saturated heterocycles. The Balaban J connectivity index is 1.58. The summed E-state index contributed by atoms with van der Waals surface area (Å²) in [6.07, 6.45) is -4.13. The summed E-state index contributed by atoms with van der Waals surface area (Å²) in [4.78, 5) is 0. The molecule has 0 atom stereocenters. The average Bonchev–Trinajstić information content (AvgIpc) is 2.90. The van der Waals surface area contributed by atoms with Gasteiger partial charge in [0.2, 0.25) is 0 Å². The van der Waals surface area contributed by atoms with Gasteiger partial charge in [-0.2, -0.15) is 8.78 Å². The highest BCUT2D eigenvalue weighted by molar-refractivity contribution is 5.69. The maximum atomic E-state index is 14.8. The predicted octanol–water partition coefficient (Wildman–Crippen LogP) is 10.4. The van der Waals surface area contributed by atoms with E-state index in [9.17, 15) is 43.9 Å². The second-order valence-corrected chi connectivity index (χ2v) is 8.88. The molecule has 0 radical (unpaired) electrons.